The Hall–Kier alpha value is -8.01. The van der Waals surface area contributed by atoms with Gasteiger partial charge in [-0.2, -0.15) is 0 Å². The second-order valence-electron chi connectivity index (χ2n) is 27.1. The van der Waals surface area contributed by atoms with Gasteiger partial charge in [0.15, 0.2) is 39.8 Å². The van der Waals surface area contributed by atoms with Crippen molar-refractivity contribution in [2.24, 2.45) is 0 Å². The minimum atomic E-state index is -2.81. The van der Waals surface area contributed by atoms with Crippen molar-refractivity contribution in [3.63, 3.8) is 0 Å². The van der Waals surface area contributed by atoms with Gasteiger partial charge in [-0.1, -0.05) is 83.9 Å². The van der Waals surface area contributed by atoms with Gasteiger partial charge in [0.25, 0.3) is 0 Å². The zero-order valence-electron chi connectivity index (χ0n) is 56.5. The van der Waals surface area contributed by atoms with Crippen LogP contribution in [0.1, 0.15) is 132 Å². The molecule has 10 rings (SSSR count). The number of aryl methyl sites for hydroxylation is 10. The minimum Gasteiger partial charge on any atom is -0.494 e. The summed E-state index contributed by atoms with van der Waals surface area (Å²) in [5.74, 6) is 0.659. The zero-order chi connectivity index (χ0) is 66.3. The maximum absolute atomic E-state index is 14.5. The average Bonchev–Trinajstić information content (AvgIpc) is 0.745. The normalized spacial score (nSPS) is 13.5. The SMILES string of the molecule is Cc1cc(C)c(Nc2ccc(Nc3c(C)cc(OCCC[Si](O[Si](C)(C)C)O[Si](C)(CCCOc4cc(C)c(Nc5ccc(Nc6c(C)cc(C)cc6C)c6c5C(=O)c5ccccc5C6=O)c(C)c4)O[Si](C)(C)C)cc3C)c3c2C(=O)c2ccccc2C3=O)c(C)c1. The number of rotatable bonds is 24. The molecule has 1 radical (unpaired) electrons. The van der Waals surface area contributed by atoms with Crippen molar-refractivity contribution in [1.29, 1.82) is 0 Å². The molecule has 0 heterocycles. The van der Waals surface area contributed by atoms with E-state index in [4.69, 9.17) is 21.8 Å². The van der Waals surface area contributed by atoms with E-state index in [0.29, 0.717) is 99.4 Å². The zero-order valence-corrected chi connectivity index (χ0v) is 60.5. The van der Waals surface area contributed by atoms with E-state index in [-0.39, 0.29) is 23.1 Å². The quantitative estimate of drug-likeness (QED) is 0.0334. The van der Waals surface area contributed by atoms with Gasteiger partial charge >= 0.3 is 17.8 Å². The second-order valence-corrected chi connectivity index (χ2v) is 42.0. The second kappa shape index (κ2) is 26.9. The lowest BCUT2D eigenvalue weighted by molar-refractivity contribution is 0.0980. The predicted octanol–water partition coefficient (Wildman–Crippen LogP) is 18.8. The van der Waals surface area contributed by atoms with Gasteiger partial charge in [0.1, 0.15) is 11.5 Å². The molecule has 1 atom stereocenters. The molecule has 1 unspecified atom stereocenters. The third kappa shape index (κ3) is 14.7. The van der Waals surface area contributed by atoms with Crippen LogP contribution in [-0.2, 0) is 12.3 Å². The number of nitrogens with one attached hydrogen (secondary N) is 4. The van der Waals surface area contributed by atoms with E-state index in [1.54, 1.807) is 48.5 Å². The number of hydrogen-bond acceptors (Lipinski definition) is 13. The summed E-state index contributed by atoms with van der Waals surface area (Å²) in [4.78, 5) is 57.8. The maximum atomic E-state index is 14.5. The highest BCUT2D eigenvalue weighted by molar-refractivity contribution is 6.85. The molecule has 0 saturated heterocycles. The topological polar surface area (TPSA) is 163 Å². The Balaban J connectivity index is 0.792. The lowest BCUT2D eigenvalue weighted by atomic mass is 9.82. The van der Waals surface area contributed by atoms with Crippen LogP contribution in [-0.4, -0.2) is 70.8 Å². The third-order valence-electron chi connectivity index (χ3n) is 16.7. The van der Waals surface area contributed by atoms with Gasteiger partial charge in [0, 0.05) is 45.0 Å². The first kappa shape index (κ1) is 66.9. The van der Waals surface area contributed by atoms with E-state index in [1.807, 2.05) is 104 Å². The molecule has 0 saturated carbocycles. The van der Waals surface area contributed by atoms with E-state index < -0.39 is 34.5 Å². The van der Waals surface area contributed by atoms with Gasteiger partial charge in [0.05, 0.1) is 58.2 Å². The predicted molar refractivity (Wildman–Crippen MR) is 383 cm³/mol. The van der Waals surface area contributed by atoms with Crippen molar-refractivity contribution in [3.8, 4) is 11.5 Å². The monoisotopic (exact) mass is 1300 g/mol. The highest BCUT2D eigenvalue weighted by Gasteiger charge is 2.42. The summed E-state index contributed by atoms with van der Waals surface area (Å²) < 4.78 is 34.1. The molecule has 0 aliphatic heterocycles. The summed E-state index contributed by atoms with van der Waals surface area (Å²) in [5, 5.41) is 14.3. The lowest BCUT2D eigenvalue weighted by Gasteiger charge is -2.37. The average molecular weight is 1300 g/mol. The minimum absolute atomic E-state index is 0.198. The van der Waals surface area contributed by atoms with E-state index in [9.17, 15) is 19.2 Å². The molecule has 0 fully saturated rings. The fourth-order valence-corrected chi connectivity index (χ4v) is 26.8. The Morgan fingerprint density at radius 1 is 0.370 bits per heavy atom. The molecule has 13 nitrogen and oxygen atoms in total. The Morgan fingerprint density at radius 3 is 0.957 bits per heavy atom. The molecule has 0 bridgehead atoms. The van der Waals surface area contributed by atoms with Crippen LogP contribution in [0.4, 0.5) is 45.5 Å². The van der Waals surface area contributed by atoms with Crippen molar-refractivity contribution in [2.45, 2.75) is 140 Å². The first-order valence-electron chi connectivity index (χ1n) is 31.8. The van der Waals surface area contributed by atoms with Crippen LogP contribution < -0.4 is 30.7 Å². The van der Waals surface area contributed by atoms with Crippen LogP contribution in [0, 0.1) is 69.2 Å². The Kier molecular flexibility index (Phi) is 19.6. The van der Waals surface area contributed by atoms with E-state index in [0.717, 1.165) is 95.9 Å². The Labute approximate surface area is 548 Å². The number of carbonyl (C=O) groups is 4. The van der Waals surface area contributed by atoms with Crippen molar-refractivity contribution < 1.29 is 41.0 Å². The standard InChI is InChI=1S/C75H87N4O9Si4/c1-44-36-46(3)68(47(4)37-44)76-60-28-30-62(66-64(60)72(80)56-24-18-20-26-58(56)74(66)82)78-70-50(7)40-54(41-51(70)8)84-32-22-34-89(86-90(11,12)13)87-92(17,88-91(14,15)16)35-23-33-85-55-42-52(9)71(53(10)43-55)79-63-31-29-61(77-69-48(5)38-45(2)39-49(69)6)65-67(63)75(83)59-27-21-19-25-57(59)73(65)81/h18-21,24-31,36-43,76-79H,22-23,32-35H2,1-17H3. The first-order valence-corrected chi connectivity index (χ1v) is 42.7. The van der Waals surface area contributed by atoms with Gasteiger partial charge in [-0.25, -0.2) is 0 Å². The van der Waals surface area contributed by atoms with Crippen LogP contribution in [0.5, 0.6) is 11.5 Å². The number of anilines is 8. The molecule has 4 N–H and O–H groups in total. The van der Waals surface area contributed by atoms with Gasteiger partial charge in [-0.05, 0) is 233 Å². The van der Waals surface area contributed by atoms with Gasteiger partial charge in [0.2, 0.25) is 0 Å². The molecule has 2 aliphatic carbocycles. The molecular formula is C75H87N4O9Si4. The van der Waals surface area contributed by atoms with E-state index >= 15 is 0 Å². The van der Waals surface area contributed by atoms with Crippen molar-refractivity contribution in [1.82, 2.24) is 0 Å². The van der Waals surface area contributed by atoms with E-state index in [2.05, 4.69) is 105 Å². The number of hydrogen-bond donors (Lipinski definition) is 4. The summed E-state index contributed by atoms with van der Waals surface area (Å²) in [6, 6.07) is 39.6. The summed E-state index contributed by atoms with van der Waals surface area (Å²) in [6.45, 7) is 36.7. The van der Waals surface area contributed by atoms with Crippen molar-refractivity contribution >= 4 is 103 Å². The maximum Gasteiger partial charge on any atom is 0.364 e. The van der Waals surface area contributed by atoms with Crippen LogP contribution >= 0.6 is 0 Å². The molecule has 8 aromatic rings. The summed E-state index contributed by atoms with van der Waals surface area (Å²) in [5.41, 5.74) is 18.9. The van der Waals surface area contributed by atoms with Crippen LogP contribution in [0.2, 0.25) is 57.9 Å². The molecule has 92 heavy (non-hydrogen) atoms. The molecule has 0 spiro atoms. The summed E-state index contributed by atoms with van der Waals surface area (Å²) in [7, 11) is -8.74. The number of ether oxygens (including phenoxy) is 2. The number of benzene rings is 8. The van der Waals surface area contributed by atoms with Crippen molar-refractivity contribution in [3.05, 3.63) is 221 Å². The fraction of sp³-hybridized carbons (Fsp3) is 0.307. The molecule has 0 amide bonds. The molecule has 0 aromatic heterocycles. The highest BCUT2D eigenvalue weighted by atomic mass is 28.5. The summed E-state index contributed by atoms with van der Waals surface area (Å²) in [6.07, 6.45) is 1.43. The smallest absolute Gasteiger partial charge is 0.364 e. The third-order valence-corrected chi connectivity index (χ3v) is 28.9. The van der Waals surface area contributed by atoms with Crippen molar-refractivity contribution in [2.75, 3.05) is 34.5 Å². The van der Waals surface area contributed by atoms with Gasteiger partial charge in [-0.15, -0.1) is 0 Å². The van der Waals surface area contributed by atoms with Gasteiger partial charge in [-0.3, -0.25) is 19.2 Å². The fourth-order valence-electron chi connectivity index (χ4n) is 13.0. The molecule has 2 aliphatic rings. The first-order chi connectivity index (χ1) is 43.5. The Morgan fingerprint density at radius 2 is 0.663 bits per heavy atom. The number of fused-ring (bicyclic) bond motifs is 4. The number of ketones is 4. The van der Waals surface area contributed by atoms with E-state index in [1.165, 1.54) is 0 Å². The summed E-state index contributed by atoms with van der Waals surface area (Å²) >= 11 is 0. The Bertz CT molecular complexity index is 4170. The van der Waals surface area contributed by atoms with Crippen LogP contribution in [0.15, 0.2) is 121 Å². The highest BCUT2D eigenvalue weighted by Crippen LogP contribution is 2.44. The molecule has 8 aromatic carbocycles. The lowest BCUT2D eigenvalue weighted by Crippen LogP contribution is -2.52. The number of carbonyl (C=O) groups excluding carboxylic acids is 4. The largest absolute Gasteiger partial charge is 0.494 e. The molecular weight excluding hydrogens is 1210 g/mol. The van der Waals surface area contributed by atoms with Gasteiger partial charge < -0.3 is 43.1 Å². The molecule has 477 valence electrons. The van der Waals surface area contributed by atoms with Crippen LogP contribution in [0.25, 0.3) is 0 Å². The molecule has 17 heteroatoms. The van der Waals surface area contributed by atoms with Crippen LogP contribution in [0.3, 0.4) is 0 Å².